The number of ether oxygens (including phenoxy) is 3. The Hall–Kier alpha value is -1.06. The third kappa shape index (κ3) is 7.00. The van der Waals surface area contributed by atoms with Crippen LogP contribution in [0.25, 0.3) is 0 Å². The average Bonchev–Trinajstić information content (AvgIpc) is 3.16. The number of para-hydroxylation sites is 1. The van der Waals surface area contributed by atoms with Gasteiger partial charge in [-0.25, -0.2) is 0 Å². The maximum Gasteiger partial charge on any atom is 0.191 e. The molecular formula is C22H36IN3O3. The van der Waals surface area contributed by atoms with Gasteiger partial charge in [0, 0.05) is 39.3 Å². The first-order valence-corrected chi connectivity index (χ1v) is 10.6. The van der Waals surface area contributed by atoms with Crippen LogP contribution in [0.4, 0.5) is 0 Å². The number of guanidine groups is 1. The van der Waals surface area contributed by atoms with Crippen LogP contribution in [-0.4, -0.2) is 52.1 Å². The number of nitrogens with zero attached hydrogens (tertiary/aromatic N) is 1. The molecule has 1 aliphatic heterocycles. The summed E-state index contributed by atoms with van der Waals surface area (Å²) in [6.07, 6.45) is 7.88. The van der Waals surface area contributed by atoms with Crippen LogP contribution in [0.1, 0.15) is 56.6 Å². The summed E-state index contributed by atoms with van der Waals surface area (Å²) in [5.74, 6) is 1.88. The summed E-state index contributed by atoms with van der Waals surface area (Å²) >= 11 is 0. The lowest BCUT2D eigenvalue weighted by molar-refractivity contribution is 0.0396. The van der Waals surface area contributed by atoms with Crippen molar-refractivity contribution in [2.45, 2.75) is 56.6 Å². The molecule has 1 saturated carbocycles. The zero-order valence-corrected chi connectivity index (χ0v) is 20.1. The Balaban J connectivity index is 0.00000300. The lowest BCUT2D eigenvalue weighted by Crippen LogP contribution is -2.46. The lowest BCUT2D eigenvalue weighted by Gasteiger charge is -2.40. The van der Waals surface area contributed by atoms with E-state index in [1.165, 1.54) is 18.4 Å². The van der Waals surface area contributed by atoms with E-state index in [-0.39, 0.29) is 35.6 Å². The van der Waals surface area contributed by atoms with E-state index in [0.717, 1.165) is 57.0 Å². The van der Waals surface area contributed by atoms with Gasteiger partial charge in [-0.3, -0.25) is 4.99 Å². The number of benzene rings is 1. The summed E-state index contributed by atoms with van der Waals surface area (Å²) in [6.45, 7) is 2.97. The third-order valence-electron chi connectivity index (χ3n) is 5.69. The van der Waals surface area contributed by atoms with Gasteiger partial charge in [0.1, 0.15) is 11.4 Å². The van der Waals surface area contributed by atoms with Gasteiger partial charge in [0.25, 0.3) is 0 Å². The van der Waals surface area contributed by atoms with Crippen LogP contribution in [0.15, 0.2) is 29.3 Å². The predicted molar refractivity (Wildman–Crippen MR) is 127 cm³/mol. The first-order chi connectivity index (χ1) is 13.8. The van der Waals surface area contributed by atoms with Gasteiger partial charge in [-0.2, -0.15) is 0 Å². The second-order valence-electron chi connectivity index (χ2n) is 7.74. The zero-order chi connectivity index (χ0) is 19.7. The molecule has 164 valence electrons. The van der Waals surface area contributed by atoms with Crippen LogP contribution in [0, 0.1) is 0 Å². The van der Waals surface area contributed by atoms with Crippen molar-refractivity contribution in [2.75, 3.05) is 40.5 Å². The minimum absolute atomic E-state index is 0. The first kappa shape index (κ1) is 24.2. The van der Waals surface area contributed by atoms with Gasteiger partial charge in [-0.05, 0) is 44.6 Å². The molecule has 1 heterocycles. The Kier molecular flexibility index (Phi) is 10.5. The van der Waals surface area contributed by atoms with Gasteiger partial charge >= 0.3 is 0 Å². The van der Waals surface area contributed by atoms with Gasteiger partial charge in [0.15, 0.2) is 5.96 Å². The highest BCUT2D eigenvalue weighted by Crippen LogP contribution is 2.46. The fourth-order valence-electron chi connectivity index (χ4n) is 4.21. The van der Waals surface area contributed by atoms with Crippen LogP contribution in [-0.2, 0) is 9.47 Å². The summed E-state index contributed by atoms with van der Waals surface area (Å²) in [5, 5.41) is 7.09. The van der Waals surface area contributed by atoms with Gasteiger partial charge in [0.05, 0.1) is 19.3 Å². The van der Waals surface area contributed by atoms with Gasteiger partial charge in [-0.15, -0.1) is 24.0 Å². The molecule has 0 aromatic heterocycles. The van der Waals surface area contributed by atoms with E-state index in [9.17, 15) is 0 Å². The van der Waals surface area contributed by atoms with Crippen molar-refractivity contribution in [3.05, 3.63) is 29.8 Å². The molecule has 1 atom stereocenters. The van der Waals surface area contributed by atoms with Crippen LogP contribution in [0.5, 0.6) is 5.75 Å². The number of unbranched alkanes of at least 4 members (excludes halogenated alkanes) is 1. The Morgan fingerprint density at radius 3 is 2.72 bits per heavy atom. The van der Waals surface area contributed by atoms with Crippen LogP contribution >= 0.6 is 24.0 Å². The molecule has 1 aromatic carbocycles. The molecule has 1 unspecified atom stereocenters. The molecule has 2 N–H and O–H groups in total. The summed E-state index contributed by atoms with van der Waals surface area (Å²) in [7, 11) is 3.52. The standard InChI is InChI=1S/C22H35N3O3.HI/c1-23-21(24-13-7-8-14-27-16-15-26-2)25-19-17-22(11-5-6-12-22)28-20-10-4-3-9-18(19)20;/h3-4,9-10,19H,5-8,11-17H2,1-2H3,(H2,23,24,25);1H. The molecule has 0 saturated heterocycles. The molecule has 0 radical (unpaired) electrons. The fourth-order valence-corrected chi connectivity index (χ4v) is 4.21. The number of hydrogen-bond donors (Lipinski definition) is 2. The molecule has 0 bridgehead atoms. The highest BCUT2D eigenvalue weighted by molar-refractivity contribution is 14.0. The first-order valence-electron chi connectivity index (χ1n) is 10.6. The maximum atomic E-state index is 6.46. The molecular weight excluding hydrogens is 481 g/mol. The molecule has 1 spiro atoms. The Morgan fingerprint density at radius 1 is 1.17 bits per heavy atom. The van der Waals surface area contributed by atoms with Gasteiger partial charge in [0.2, 0.25) is 0 Å². The minimum Gasteiger partial charge on any atom is -0.487 e. The van der Waals surface area contributed by atoms with Crippen molar-refractivity contribution in [2.24, 2.45) is 4.99 Å². The van der Waals surface area contributed by atoms with Crippen molar-refractivity contribution >= 4 is 29.9 Å². The van der Waals surface area contributed by atoms with E-state index in [1.807, 2.05) is 7.05 Å². The summed E-state index contributed by atoms with van der Waals surface area (Å²) in [6, 6.07) is 8.64. The molecule has 29 heavy (non-hydrogen) atoms. The van der Waals surface area contributed by atoms with E-state index in [1.54, 1.807) is 7.11 Å². The number of hydrogen-bond acceptors (Lipinski definition) is 4. The minimum atomic E-state index is -0.00951. The number of halogens is 1. The van der Waals surface area contributed by atoms with Crippen molar-refractivity contribution in [1.82, 2.24) is 10.6 Å². The Bertz CT molecular complexity index is 635. The maximum absolute atomic E-state index is 6.46. The number of rotatable bonds is 9. The Labute approximate surface area is 192 Å². The monoisotopic (exact) mass is 517 g/mol. The topological polar surface area (TPSA) is 64.1 Å². The highest BCUT2D eigenvalue weighted by atomic mass is 127. The smallest absolute Gasteiger partial charge is 0.191 e. The Morgan fingerprint density at radius 2 is 1.97 bits per heavy atom. The second-order valence-corrected chi connectivity index (χ2v) is 7.74. The summed E-state index contributed by atoms with van der Waals surface area (Å²) in [4.78, 5) is 4.43. The van der Waals surface area contributed by atoms with E-state index in [4.69, 9.17) is 14.2 Å². The number of aliphatic imine (C=N–C) groups is 1. The normalized spacial score (nSPS) is 19.9. The van der Waals surface area contributed by atoms with Crippen molar-refractivity contribution < 1.29 is 14.2 Å². The summed E-state index contributed by atoms with van der Waals surface area (Å²) < 4.78 is 16.9. The van der Waals surface area contributed by atoms with E-state index in [0.29, 0.717) is 13.2 Å². The third-order valence-corrected chi connectivity index (χ3v) is 5.69. The second kappa shape index (κ2) is 12.6. The van der Waals surface area contributed by atoms with Gasteiger partial charge in [-0.1, -0.05) is 18.2 Å². The largest absolute Gasteiger partial charge is 0.487 e. The number of fused-ring (bicyclic) bond motifs is 1. The molecule has 2 aliphatic rings. The fraction of sp³-hybridized carbons (Fsp3) is 0.682. The summed E-state index contributed by atoms with van der Waals surface area (Å²) in [5.41, 5.74) is 1.22. The quantitative estimate of drug-likeness (QED) is 0.224. The van der Waals surface area contributed by atoms with Crippen molar-refractivity contribution in [1.29, 1.82) is 0 Å². The van der Waals surface area contributed by atoms with Crippen LogP contribution in [0.3, 0.4) is 0 Å². The van der Waals surface area contributed by atoms with Crippen LogP contribution < -0.4 is 15.4 Å². The molecule has 7 heteroatoms. The number of methoxy groups -OCH3 is 1. The zero-order valence-electron chi connectivity index (χ0n) is 17.7. The predicted octanol–water partition coefficient (Wildman–Crippen LogP) is 4.05. The van der Waals surface area contributed by atoms with E-state index in [2.05, 4.69) is 39.9 Å². The molecule has 1 aromatic rings. The van der Waals surface area contributed by atoms with Gasteiger partial charge < -0.3 is 24.8 Å². The van der Waals surface area contributed by atoms with E-state index >= 15 is 0 Å². The van der Waals surface area contributed by atoms with Crippen molar-refractivity contribution in [3.63, 3.8) is 0 Å². The average molecular weight is 517 g/mol. The molecule has 6 nitrogen and oxygen atoms in total. The molecule has 1 aliphatic carbocycles. The van der Waals surface area contributed by atoms with Crippen molar-refractivity contribution in [3.8, 4) is 5.75 Å². The molecule has 3 rings (SSSR count). The number of nitrogens with one attached hydrogen (secondary N) is 2. The highest BCUT2D eigenvalue weighted by Gasteiger charge is 2.43. The van der Waals surface area contributed by atoms with Crippen LogP contribution in [0.2, 0.25) is 0 Å². The molecule has 0 amide bonds. The molecule has 1 fully saturated rings. The SMILES string of the molecule is CN=C(NCCCCOCCOC)NC1CC2(CCCC2)Oc2ccccc21.I. The van der Waals surface area contributed by atoms with E-state index < -0.39 is 0 Å². The lowest BCUT2D eigenvalue weighted by atomic mass is 9.86.